The lowest BCUT2D eigenvalue weighted by Crippen LogP contribution is -2.47. The SMILES string of the molecule is CC.Cc1ccc(SC(C)c2ccccc2N2CCN(c3ccc(Cl)cc3F)CC2)cc1. The van der Waals surface area contributed by atoms with Crippen LogP contribution in [-0.4, -0.2) is 26.2 Å². The fourth-order valence-corrected chi connectivity index (χ4v) is 5.12. The van der Waals surface area contributed by atoms with Crippen LogP contribution >= 0.6 is 23.4 Å². The molecule has 0 aliphatic carbocycles. The molecule has 0 spiro atoms. The second kappa shape index (κ2) is 11.6. The number of aryl methyl sites for hydroxylation is 1. The fraction of sp³-hybridized carbons (Fsp3) is 0.333. The van der Waals surface area contributed by atoms with Gasteiger partial charge in [-0.25, -0.2) is 4.39 Å². The van der Waals surface area contributed by atoms with Crippen LogP contribution in [0.1, 0.15) is 37.1 Å². The Morgan fingerprint density at radius 1 is 0.844 bits per heavy atom. The summed E-state index contributed by atoms with van der Waals surface area (Å²) in [6, 6.07) is 22.3. The van der Waals surface area contributed by atoms with E-state index in [9.17, 15) is 4.39 Å². The molecule has 3 aromatic rings. The van der Waals surface area contributed by atoms with Gasteiger partial charge in [-0.2, -0.15) is 0 Å². The summed E-state index contributed by atoms with van der Waals surface area (Å²) in [6.45, 7) is 11.7. The van der Waals surface area contributed by atoms with Crippen molar-refractivity contribution >= 4 is 34.7 Å². The molecular formula is C27H32ClFN2S. The van der Waals surface area contributed by atoms with Gasteiger partial charge in [-0.3, -0.25) is 0 Å². The Balaban J connectivity index is 0.00000141. The van der Waals surface area contributed by atoms with Crippen LogP contribution in [0.4, 0.5) is 15.8 Å². The van der Waals surface area contributed by atoms with Crippen molar-refractivity contribution < 1.29 is 4.39 Å². The lowest BCUT2D eigenvalue weighted by atomic mass is 10.1. The molecule has 1 saturated heterocycles. The van der Waals surface area contributed by atoms with Crippen LogP contribution in [0.5, 0.6) is 0 Å². The van der Waals surface area contributed by atoms with Crippen molar-refractivity contribution in [2.45, 2.75) is 37.8 Å². The van der Waals surface area contributed by atoms with E-state index in [-0.39, 0.29) is 5.82 Å². The van der Waals surface area contributed by atoms with Gasteiger partial charge in [-0.15, -0.1) is 11.8 Å². The molecule has 0 amide bonds. The van der Waals surface area contributed by atoms with Gasteiger partial charge in [0, 0.05) is 47.0 Å². The summed E-state index contributed by atoms with van der Waals surface area (Å²) in [5.74, 6) is -0.250. The standard InChI is InChI=1S/C25H26ClFN2S.C2H6/c1-18-7-10-21(11-8-18)30-19(2)22-5-3-4-6-24(22)28-13-15-29(16-14-28)25-12-9-20(26)17-23(25)27;1-2/h3-12,17,19H,13-16H2,1-2H3;1-2H3. The Hall–Kier alpha value is -2.17. The van der Waals surface area contributed by atoms with E-state index < -0.39 is 0 Å². The van der Waals surface area contributed by atoms with Crippen molar-refractivity contribution in [3.8, 4) is 0 Å². The number of para-hydroxylation sites is 1. The average molecular weight is 471 g/mol. The number of piperazine rings is 1. The minimum atomic E-state index is -0.250. The van der Waals surface area contributed by atoms with Crippen molar-refractivity contribution in [1.82, 2.24) is 0 Å². The average Bonchev–Trinajstić information content (AvgIpc) is 2.82. The van der Waals surface area contributed by atoms with Gasteiger partial charge in [0.2, 0.25) is 0 Å². The molecule has 1 unspecified atom stereocenters. The van der Waals surface area contributed by atoms with E-state index in [1.807, 2.05) is 25.6 Å². The van der Waals surface area contributed by atoms with E-state index in [0.29, 0.717) is 16.0 Å². The van der Waals surface area contributed by atoms with E-state index in [1.54, 1.807) is 12.1 Å². The molecule has 32 heavy (non-hydrogen) atoms. The summed E-state index contributed by atoms with van der Waals surface area (Å²) in [5.41, 5.74) is 4.54. The second-order valence-electron chi connectivity index (χ2n) is 7.70. The fourth-order valence-electron chi connectivity index (χ4n) is 3.93. The van der Waals surface area contributed by atoms with Gasteiger partial charge in [-0.1, -0.05) is 61.3 Å². The van der Waals surface area contributed by atoms with E-state index >= 15 is 0 Å². The first kappa shape index (κ1) is 24.5. The summed E-state index contributed by atoms with van der Waals surface area (Å²) >= 11 is 7.79. The van der Waals surface area contributed by atoms with Crippen LogP contribution in [0, 0.1) is 12.7 Å². The molecule has 0 radical (unpaired) electrons. The highest BCUT2D eigenvalue weighted by Gasteiger charge is 2.23. The Morgan fingerprint density at radius 2 is 1.44 bits per heavy atom. The van der Waals surface area contributed by atoms with Crippen molar-refractivity contribution in [2.75, 3.05) is 36.0 Å². The zero-order valence-corrected chi connectivity index (χ0v) is 20.9. The number of benzene rings is 3. The van der Waals surface area contributed by atoms with Crippen LogP contribution < -0.4 is 9.80 Å². The topological polar surface area (TPSA) is 6.48 Å². The maximum Gasteiger partial charge on any atom is 0.147 e. The number of hydrogen-bond acceptors (Lipinski definition) is 3. The Kier molecular flexibility index (Phi) is 8.89. The minimum Gasteiger partial charge on any atom is -0.368 e. The molecule has 4 rings (SSSR count). The molecule has 1 aliphatic rings. The predicted octanol–water partition coefficient (Wildman–Crippen LogP) is 7.99. The third-order valence-electron chi connectivity index (χ3n) is 5.58. The summed E-state index contributed by atoms with van der Waals surface area (Å²) < 4.78 is 14.3. The number of thioether (sulfide) groups is 1. The van der Waals surface area contributed by atoms with Gasteiger partial charge >= 0.3 is 0 Å². The first-order valence-electron chi connectivity index (χ1n) is 11.3. The van der Waals surface area contributed by atoms with Crippen molar-refractivity contribution in [2.24, 2.45) is 0 Å². The molecule has 5 heteroatoms. The molecule has 1 aliphatic heterocycles. The maximum atomic E-state index is 14.3. The summed E-state index contributed by atoms with van der Waals surface area (Å²) in [5, 5.41) is 0.777. The summed E-state index contributed by atoms with van der Waals surface area (Å²) in [7, 11) is 0. The van der Waals surface area contributed by atoms with Gasteiger partial charge in [0.05, 0.1) is 5.69 Å². The third-order valence-corrected chi connectivity index (χ3v) is 6.97. The van der Waals surface area contributed by atoms with Crippen molar-refractivity contribution in [3.63, 3.8) is 0 Å². The Bertz CT molecular complexity index is 1000. The van der Waals surface area contributed by atoms with E-state index in [1.165, 1.54) is 27.8 Å². The number of anilines is 2. The molecule has 1 heterocycles. The monoisotopic (exact) mass is 470 g/mol. The Morgan fingerprint density at radius 3 is 2.06 bits per heavy atom. The summed E-state index contributed by atoms with van der Waals surface area (Å²) in [4.78, 5) is 5.81. The molecule has 3 aromatic carbocycles. The van der Waals surface area contributed by atoms with E-state index in [0.717, 1.165) is 26.2 Å². The quantitative estimate of drug-likeness (QED) is 0.349. The minimum absolute atomic E-state index is 0.250. The lowest BCUT2D eigenvalue weighted by Gasteiger charge is -2.38. The smallest absolute Gasteiger partial charge is 0.147 e. The highest BCUT2D eigenvalue weighted by atomic mass is 35.5. The first-order valence-corrected chi connectivity index (χ1v) is 12.5. The first-order chi connectivity index (χ1) is 15.5. The van der Waals surface area contributed by atoms with Gasteiger partial charge in [0.15, 0.2) is 0 Å². The Labute approximate surface area is 201 Å². The third kappa shape index (κ3) is 5.99. The molecule has 0 saturated carbocycles. The van der Waals surface area contributed by atoms with Crippen LogP contribution in [0.15, 0.2) is 71.6 Å². The summed E-state index contributed by atoms with van der Waals surface area (Å²) in [6.07, 6.45) is 0. The number of rotatable bonds is 5. The van der Waals surface area contributed by atoms with Gasteiger partial charge in [0.1, 0.15) is 5.82 Å². The zero-order chi connectivity index (χ0) is 23.1. The number of halogens is 2. The van der Waals surface area contributed by atoms with Gasteiger partial charge in [-0.05, 0) is 55.8 Å². The molecule has 0 bridgehead atoms. The van der Waals surface area contributed by atoms with Gasteiger partial charge < -0.3 is 9.80 Å². The maximum absolute atomic E-state index is 14.3. The lowest BCUT2D eigenvalue weighted by molar-refractivity contribution is 0.597. The molecule has 2 nitrogen and oxygen atoms in total. The van der Waals surface area contributed by atoms with Crippen molar-refractivity contribution in [3.05, 3.63) is 88.7 Å². The van der Waals surface area contributed by atoms with Crippen LogP contribution in [0.3, 0.4) is 0 Å². The van der Waals surface area contributed by atoms with E-state index in [4.69, 9.17) is 11.6 Å². The normalized spacial score (nSPS) is 14.6. The van der Waals surface area contributed by atoms with Crippen LogP contribution in [0.2, 0.25) is 5.02 Å². The van der Waals surface area contributed by atoms with Crippen molar-refractivity contribution in [1.29, 1.82) is 0 Å². The highest BCUT2D eigenvalue weighted by molar-refractivity contribution is 7.99. The van der Waals surface area contributed by atoms with E-state index in [2.05, 4.69) is 72.2 Å². The largest absolute Gasteiger partial charge is 0.368 e. The zero-order valence-electron chi connectivity index (χ0n) is 19.3. The molecule has 170 valence electrons. The number of nitrogens with zero attached hydrogens (tertiary/aromatic N) is 2. The van der Waals surface area contributed by atoms with Crippen LogP contribution in [0.25, 0.3) is 0 Å². The molecule has 1 atom stereocenters. The number of hydrogen-bond donors (Lipinski definition) is 0. The molecule has 0 N–H and O–H groups in total. The highest BCUT2D eigenvalue weighted by Crippen LogP contribution is 2.39. The molecule has 0 aromatic heterocycles. The molecule has 1 fully saturated rings. The molecular weight excluding hydrogens is 439 g/mol. The predicted molar refractivity (Wildman–Crippen MR) is 139 cm³/mol. The van der Waals surface area contributed by atoms with Gasteiger partial charge in [0.25, 0.3) is 0 Å². The second-order valence-corrected chi connectivity index (χ2v) is 9.55. The van der Waals surface area contributed by atoms with Crippen LogP contribution in [-0.2, 0) is 0 Å².